The molecule has 2 aromatic carbocycles. The van der Waals surface area contributed by atoms with Crippen molar-refractivity contribution in [1.29, 1.82) is 0 Å². The van der Waals surface area contributed by atoms with Crippen LogP contribution in [0, 0.1) is 12.7 Å². The minimum Gasteiger partial charge on any atom is -0.443 e. The first kappa shape index (κ1) is 21.6. The summed E-state index contributed by atoms with van der Waals surface area (Å²) in [4.78, 5) is 21.4. The van der Waals surface area contributed by atoms with Crippen LogP contribution in [0.5, 0.6) is 0 Å². The van der Waals surface area contributed by atoms with Crippen LogP contribution >= 0.6 is 0 Å². The Morgan fingerprint density at radius 3 is 2.56 bits per heavy atom. The topological polar surface area (TPSA) is 104 Å². The first-order valence-corrected chi connectivity index (χ1v) is 10.1. The number of hydrogen-bond acceptors (Lipinski definition) is 6. The first-order valence-electron chi connectivity index (χ1n) is 10.1. The van der Waals surface area contributed by atoms with E-state index in [-0.39, 0.29) is 17.3 Å². The quantitative estimate of drug-likeness (QED) is 0.390. The van der Waals surface area contributed by atoms with Crippen LogP contribution in [0.15, 0.2) is 52.0 Å². The van der Waals surface area contributed by atoms with Gasteiger partial charge in [-0.1, -0.05) is 0 Å². The highest BCUT2D eigenvalue weighted by Crippen LogP contribution is 2.36. The SMILES string of the molecule is Cc1cc(-c2c(-c3ccc(F)cc3)nc(N)n3c(=O)n(CCC(F)(F)F)nc23)cc2ocnc12. The van der Waals surface area contributed by atoms with Gasteiger partial charge < -0.3 is 10.2 Å². The zero-order valence-corrected chi connectivity index (χ0v) is 17.6. The van der Waals surface area contributed by atoms with Crippen LogP contribution in [0.2, 0.25) is 0 Å². The minimum atomic E-state index is -4.48. The number of nitrogens with two attached hydrogens (primary N) is 1. The van der Waals surface area contributed by atoms with E-state index in [1.807, 2.05) is 6.92 Å². The molecule has 0 saturated heterocycles. The van der Waals surface area contributed by atoms with Gasteiger partial charge in [0.15, 0.2) is 17.6 Å². The third kappa shape index (κ3) is 3.66. The second-order valence-corrected chi connectivity index (χ2v) is 7.72. The van der Waals surface area contributed by atoms with Gasteiger partial charge in [-0.3, -0.25) is 0 Å². The summed E-state index contributed by atoms with van der Waals surface area (Å²) in [7, 11) is 0. The zero-order valence-electron chi connectivity index (χ0n) is 17.6. The molecule has 0 bridgehead atoms. The number of hydrogen-bond donors (Lipinski definition) is 1. The molecular weight excluding hydrogens is 456 g/mol. The van der Waals surface area contributed by atoms with E-state index in [0.29, 0.717) is 32.5 Å². The van der Waals surface area contributed by atoms with Gasteiger partial charge in [0.25, 0.3) is 0 Å². The fourth-order valence-corrected chi connectivity index (χ4v) is 3.85. The predicted molar refractivity (Wildman–Crippen MR) is 115 cm³/mol. The lowest BCUT2D eigenvalue weighted by Gasteiger charge is -2.12. The molecule has 0 radical (unpaired) electrons. The summed E-state index contributed by atoms with van der Waals surface area (Å²) in [6.07, 6.45) is -4.43. The molecule has 12 heteroatoms. The average Bonchev–Trinajstić information content (AvgIpc) is 3.37. The van der Waals surface area contributed by atoms with E-state index < -0.39 is 30.6 Å². The fourth-order valence-electron chi connectivity index (χ4n) is 3.85. The highest BCUT2D eigenvalue weighted by Gasteiger charge is 2.28. The summed E-state index contributed by atoms with van der Waals surface area (Å²) in [5, 5.41) is 4.18. The third-order valence-electron chi connectivity index (χ3n) is 5.40. The van der Waals surface area contributed by atoms with Gasteiger partial charge in [-0.2, -0.15) is 13.2 Å². The molecule has 3 heterocycles. The van der Waals surface area contributed by atoms with Crippen LogP contribution < -0.4 is 11.4 Å². The molecule has 0 aliphatic rings. The van der Waals surface area contributed by atoms with Gasteiger partial charge in [0.05, 0.1) is 24.2 Å². The number of alkyl halides is 3. The van der Waals surface area contributed by atoms with E-state index in [4.69, 9.17) is 10.2 Å². The number of nitrogens with zero attached hydrogens (tertiary/aromatic N) is 5. The van der Waals surface area contributed by atoms with E-state index >= 15 is 0 Å². The average molecular weight is 472 g/mol. The molecule has 0 atom stereocenters. The van der Waals surface area contributed by atoms with E-state index in [9.17, 15) is 22.4 Å². The number of nitrogen functional groups attached to an aromatic ring is 1. The van der Waals surface area contributed by atoms with Crippen molar-refractivity contribution in [3.05, 3.63) is 64.7 Å². The number of aromatic nitrogens is 5. The molecule has 0 aliphatic heterocycles. The van der Waals surface area contributed by atoms with E-state index in [0.717, 1.165) is 9.96 Å². The normalized spacial score (nSPS) is 12.1. The Labute approximate surface area is 188 Å². The second-order valence-electron chi connectivity index (χ2n) is 7.72. The molecule has 0 saturated carbocycles. The summed E-state index contributed by atoms with van der Waals surface area (Å²) >= 11 is 0. The van der Waals surface area contributed by atoms with Crippen molar-refractivity contribution in [3.8, 4) is 22.4 Å². The van der Waals surface area contributed by atoms with E-state index in [1.54, 1.807) is 12.1 Å². The van der Waals surface area contributed by atoms with Crippen LogP contribution in [0.4, 0.5) is 23.5 Å². The van der Waals surface area contributed by atoms with Crippen molar-refractivity contribution >= 4 is 22.7 Å². The van der Waals surface area contributed by atoms with E-state index in [2.05, 4.69) is 15.1 Å². The summed E-state index contributed by atoms with van der Waals surface area (Å²) in [5.74, 6) is -0.732. The lowest BCUT2D eigenvalue weighted by atomic mass is 9.98. The predicted octanol–water partition coefficient (Wildman–Crippen LogP) is 4.35. The van der Waals surface area contributed by atoms with Crippen molar-refractivity contribution in [2.45, 2.75) is 26.1 Å². The number of benzene rings is 2. The maximum atomic E-state index is 13.6. The molecule has 5 aromatic rings. The number of halogens is 4. The molecule has 2 N–H and O–H groups in total. The molecule has 34 heavy (non-hydrogen) atoms. The Hall–Kier alpha value is -4.22. The molecular formula is C22H16F4N6O2. The lowest BCUT2D eigenvalue weighted by molar-refractivity contribution is -0.137. The molecule has 0 aliphatic carbocycles. The number of oxazole rings is 1. The first-order chi connectivity index (χ1) is 16.1. The summed E-state index contributed by atoms with van der Waals surface area (Å²) in [6.45, 7) is 1.12. The van der Waals surface area contributed by atoms with Crippen LogP contribution in [0.25, 0.3) is 39.1 Å². The molecule has 8 nitrogen and oxygen atoms in total. The van der Waals surface area contributed by atoms with Crippen molar-refractivity contribution < 1.29 is 22.0 Å². The van der Waals surface area contributed by atoms with Crippen LogP contribution in [0.3, 0.4) is 0 Å². The Bertz CT molecular complexity index is 1600. The minimum absolute atomic E-state index is 0.0114. The molecule has 3 aromatic heterocycles. The monoisotopic (exact) mass is 472 g/mol. The fraction of sp³-hybridized carbons (Fsp3) is 0.182. The van der Waals surface area contributed by atoms with Gasteiger partial charge in [0.1, 0.15) is 11.3 Å². The van der Waals surface area contributed by atoms with Crippen molar-refractivity contribution in [3.63, 3.8) is 0 Å². The van der Waals surface area contributed by atoms with Gasteiger partial charge in [0, 0.05) is 5.56 Å². The lowest BCUT2D eigenvalue weighted by Crippen LogP contribution is -2.25. The van der Waals surface area contributed by atoms with Crippen molar-refractivity contribution in [2.75, 3.05) is 5.73 Å². The van der Waals surface area contributed by atoms with Gasteiger partial charge >= 0.3 is 11.9 Å². The number of aryl methyl sites for hydroxylation is 2. The summed E-state index contributed by atoms with van der Waals surface area (Å²) < 4.78 is 59.1. The highest BCUT2D eigenvalue weighted by molar-refractivity contribution is 5.94. The Balaban J connectivity index is 1.83. The standard InChI is InChI=1S/C22H16F4N6O2/c1-11-8-13(9-15-17(11)28-10-34-15)16-18(12-2-4-14(23)5-3-12)29-20(27)32-19(16)30-31(21(32)33)7-6-22(24,25)26/h2-5,8-10H,6-7H2,1H3,(H2,27,29). The molecule has 0 amide bonds. The Morgan fingerprint density at radius 1 is 1.12 bits per heavy atom. The maximum Gasteiger partial charge on any atom is 0.390 e. The van der Waals surface area contributed by atoms with Gasteiger partial charge in [-0.25, -0.2) is 28.2 Å². The van der Waals surface area contributed by atoms with E-state index in [1.165, 1.54) is 30.7 Å². The highest BCUT2D eigenvalue weighted by atomic mass is 19.4. The van der Waals surface area contributed by atoms with Gasteiger partial charge in [0.2, 0.25) is 5.95 Å². The maximum absolute atomic E-state index is 13.6. The molecule has 174 valence electrons. The Morgan fingerprint density at radius 2 is 1.85 bits per heavy atom. The van der Waals surface area contributed by atoms with Crippen LogP contribution in [-0.4, -0.2) is 30.3 Å². The van der Waals surface area contributed by atoms with Gasteiger partial charge in [-0.05, 0) is 54.4 Å². The number of fused-ring (bicyclic) bond motifs is 2. The van der Waals surface area contributed by atoms with Crippen LogP contribution in [-0.2, 0) is 6.54 Å². The third-order valence-corrected chi connectivity index (χ3v) is 5.40. The number of rotatable bonds is 4. The van der Waals surface area contributed by atoms with Crippen molar-refractivity contribution in [1.82, 2.24) is 24.1 Å². The molecule has 5 rings (SSSR count). The van der Waals surface area contributed by atoms with Crippen LogP contribution in [0.1, 0.15) is 12.0 Å². The smallest absolute Gasteiger partial charge is 0.390 e. The molecule has 0 spiro atoms. The largest absolute Gasteiger partial charge is 0.443 e. The summed E-state index contributed by atoms with van der Waals surface area (Å²) in [5.41, 5.74) is 8.62. The zero-order chi connectivity index (χ0) is 24.2. The summed E-state index contributed by atoms with van der Waals surface area (Å²) in [6, 6.07) is 8.87. The van der Waals surface area contributed by atoms with Gasteiger partial charge in [-0.15, -0.1) is 5.10 Å². The Kier molecular flexibility index (Phi) is 4.88. The second kappa shape index (κ2) is 7.68. The molecule has 0 unspecified atom stereocenters. The molecule has 0 fully saturated rings. The van der Waals surface area contributed by atoms with Crippen molar-refractivity contribution in [2.24, 2.45) is 0 Å². The number of anilines is 1.